The third-order valence-corrected chi connectivity index (χ3v) is 3.59. The van der Waals surface area contributed by atoms with Crippen molar-refractivity contribution in [2.75, 3.05) is 6.54 Å². The first-order chi connectivity index (χ1) is 10.1. The van der Waals surface area contributed by atoms with Gasteiger partial charge in [-0.15, -0.1) is 0 Å². The zero-order valence-corrected chi connectivity index (χ0v) is 12.3. The molecule has 1 heterocycles. The molecule has 4 nitrogen and oxygen atoms in total. The molecule has 2 aromatic rings. The highest BCUT2D eigenvalue weighted by Gasteiger charge is 2.08. The van der Waals surface area contributed by atoms with Gasteiger partial charge in [0, 0.05) is 17.5 Å². The Morgan fingerprint density at radius 1 is 1.24 bits per heavy atom. The molecule has 1 aromatic carbocycles. The number of carbonyl (C=O) groups excluding carboxylic acids is 2. The number of aryl methyl sites for hydroxylation is 1. The third kappa shape index (κ3) is 4.39. The number of thiophene rings is 1. The molecule has 0 bridgehead atoms. The van der Waals surface area contributed by atoms with E-state index in [0.29, 0.717) is 17.7 Å². The standard InChI is InChI=1S/C15H15FN2O2S/c1-10-6-11(2-3-13(10)16)7-17-14(19)8-18-15(20)12-4-5-21-9-12/h2-6,9H,7-8H2,1H3,(H,17,19)(H,18,20). The van der Waals surface area contributed by atoms with Crippen molar-refractivity contribution >= 4 is 23.2 Å². The monoisotopic (exact) mass is 306 g/mol. The SMILES string of the molecule is Cc1cc(CNC(=O)CNC(=O)c2ccsc2)ccc1F. The fourth-order valence-electron chi connectivity index (χ4n) is 1.74. The molecule has 2 rings (SSSR count). The van der Waals surface area contributed by atoms with Crippen molar-refractivity contribution in [3.05, 3.63) is 57.5 Å². The lowest BCUT2D eigenvalue weighted by atomic mass is 10.1. The summed E-state index contributed by atoms with van der Waals surface area (Å²) in [6.07, 6.45) is 0. The maximum Gasteiger partial charge on any atom is 0.252 e. The molecule has 0 saturated carbocycles. The molecule has 0 atom stereocenters. The van der Waals surface area contributed by atoms with Crippen LogP contribution in [0.4, 0.5) is 4.39 Å². The second-order valence-corrected chi connectivity index (χ2v) is 5.34. The van der Waals surface area contributed by atoms with Crippen LogP contribution in [0.25, 0.3) is 0 Å². The lowest BCUT2D eigenvalue weighted by Crippen LogP contribution is -2.36. The number of halogens is 1. The minimum Gasteiger partial charge on any atom is -0.350 e. The van der Waals surface area contributed by atoms with Gasteiger partial charge >= 0.3 is 0 Å². The summed E-state index contributed by atoms with van der Waals surface area (Å²) in [7, 11) is 0. The summed E-state index contributed by atoms with van der Waals surface area (Å²) < 4.78 is 13.1. The van der Waals surface area contributed by atoms with Crippen molar-refractivity contribution in [1.29, 1.82) is 0 Å². The van der Waals surface area contributed by atoms with E-state index in [1.165, 1.54) is 17.4 Å². The molecule has 0 fully saturated rings. The van der Waals surface area contributed by atoms with Crippen LogP contribution in [0.2, 0.25) is 0 Å². The Bertz CT molecular complexity index is 641. The molecule has 0 radical (unpaired) electrons. The second kappa shape index (κ2) is 6.99. The van der Waals surface area contributed by atoms with Crippen LogP contribution in [0.15, 0.2) is 35.0 Å². The van der Waals surface area contributed by atoms with Crippen molar-refractivity contribution in [3.63, 3.8) is 0 Å². The average Bonchev–Trinajstić information content (AvgIpc) is 3.00. The number of hydrogen-bond donors (Lipinski definition) is 2. The predicted molar refractivity (Wildman–Crippen MR) is 79.6 cm³/mol. The Hall–Kier alpha value is -2.21. The van der Waals surface area contributed by atoms with Crippen LogP contribution in [0, 0.1) is 12.7 Å². The van der Waals surface area contributed by atoms with E-state index in [1.54, 1.807) is 35.9 Å². The van der Waals surface area contributed by atoms with Crippen LogP contribution >= 0.6 is 11.3 Å². The summed E-state index contributed by atoms with van der Waals surface area (Å²) in [6, 6.07) is 6.36. The van der Waals surface area contributed by atoms with Gasteiger partial charge in [0.15, 0.2) is 0 Å². The average molecular weight is 306 g/mol. The molecule has 2 N–H and O–H groups in total. The molecule has 2 amide bonds. The molecule has 0 saturated heterocycles. The van der Waals surface area contributed by atoms with Gasteiger partial charge in [-0.2, -0.15) is 11.3 Å². The smallest absolute Gasteiger partial charge is 0.252 e. The predicted octanol–water partition coefficient (Wildman–Crippen LogP) is 2.24. The van der Waals surface area contributed by atoms with Gasteiger partial charge in [-0.3, -0.25) is 9.59 Å². The van der Waals surface area contributed by atoms with Crippen LogP contribution < -0.4 is 10.6 Å². The summed E-state index contributed by atoms with van der Waals surface area (Å²) >= 11 is 1.42. The third-order valence-electron chi connectivity index (χ3n) is 2.90. The number of amides is 2. The van der Waals surface area contributed by atoms with E-state index in [-0.39, 0.29) is 24.2 Å². The maximum atomic E-state index is 13.1. The largest absolute Gasteiger partial charge is 0.350 e. The summed E-state index contributed by atoms with van der Waals surface area (Å²) in [6.45, 7) is 1.88. The number of nitrogens with one attached hydrogen (secondary N) is 2. The first kappa shape index (κ1) is 15.2. The molecule has 110 valence electrons. The van der Waals surface area contributed by atoms with Crippen molar-refractivity contribution in [2.45, 2.75) is 13.5 Å². The topological polar surface area (TPSA) is 58.2 Å². The fraction of sp³-hybridized carbons (Fsp3) is 0.200. The van der Waals surface area contributed by atoms with Crippen molar-refractivity contribution in [1.82, 2.24) is 10.6 Å². The summed E-state index contributed by atoms with van der Waals surface area (Å²) in [5.74, 6) is -0.835. The van der Waals surface area contributed by atoms with Gasteiger partial charge in [0.05, 0.1) is 6.54 Å². The van der Waals surface area contributed by atoms with E-state index in [1.807, 2.05) is 0 Å². The highest BCUT2D eigenvalue weighted by atomic mass is 32.1. The van der Waals surface area contributed by atoms with Crippen molar-refractivity contribution in [2.24, 2.45) is 0 Å². The summed E-state index contributed by atoms with van der Waals surface area (Å²) in [5.41, 5.74) is 1.89. The van der Waals surface area contributed by atoms with Crippen LogP contribution in [-0.4, -0.2) is 18.4 Å². The molecular weight excluding hydrogens is 291 g/mol. The molecule has 0 aliphatic rings. The second-order valence-electron chi connectivity index (χ2n) is 4.55. The first-order valence-electron chi connectivity index (χ1n) is 6.38. The number of hydrogen-bond acceptors (Lipinski definition) is 3. The molecular formula is C15H15FN2O2S. The Balaban J connectivity index is 1.77. The Morgan fingerprint density at radius 2 is 2.05 bits per heavy atom. The first-order valence-corrected chi connectivity index (χ1v) is 7.32. The van der Waals surface area contributed by atoms with E-state index < -0.39 is 0 Å². The normalized spacial score (nSPS) is 10.2. The Labute approximate surface area is 126 Å². The lowest BCUT2D eigenvalue weighted by Gasteiger charge is -2.07. The van der Waals surface area contributed by atoms with Gasteiger partial charge in [0.25, 0.3) is 5.91 Å². The minimum absolute atomic E-state index is 0.0884. The molecule has 1 aromatic heterocycles. The van der Waals surface area contributed by atoms with Crippen LogP contribution in [0.5, 0.6) is 0 Å². The van der Waals surface area contributed by atoms with Gasteiger partial charge in [0.1, 0.15) is 5.82 Å². The lowest BCUT2D eigenvalue weighted by molar-refractivity contribution is -0.120. The van der Waals surface area contributed by atoms with Crippen molar-refractivity contribution in [3.8, 4) is 0 Å². The van der Waals surface area contributed by atoms with Gasteiger partial charge < -0.3 is 10.6 Å². The molecule has 0 unspecified atom stereocenters. The quantitative estimate of drug-likeness (QED) is 0.890. The van der Waals surface area contributed by atoms with E-state index >= 15 is 0 Å². The number of carbonyl (C=O) groups is 2. The van der Waals surface area contributed by atoms with E-state index in [0.717, 1.165) is 5.56 Å². The number of rotatable bonds is 5. The van der Waals surface area contributed by atoms with Crippen molar-refractivity contribution < 1.29 is 14.0 Å². The van der Waals surface area contributed by atoms with E-state index in [9.17, 15) is 14.0 Å². The minimum atomic E-state index is -0.291. The fourth-order valence-corrected chi connectivity index (χ4v) is 2.37. The van der Waals surface area contributed by atoms with Gasteiger partial charge in [-0.25, -0.2) is 4.39 Å². The highest BCUT2D eigenvalue weighted by Crippen LogP contribution is 2.08. The van der Waals surface area contributed by atoms with Gasteiger partial charge in [-0.05, 0) is 35.6 Å². The molecule has 6 heteroatoms. The van der Waals surface area contributed by atoms with Gasteiger partial charge in [-0.1, -0.05) is 12.1 Å². The van der Waals surface area contributed by atoms with E-state index in [2.05, 4.69) is 10.6 Å². The summed E-state index contributed by atoms with van der Waals surface area (Å²) in [5, 5.41) is 8.72. The molecule has 0 spiro atoms. The molecule has 0 aliphatic heterocycles. The van der Waals surface area contributed by atoms with Crippen LogP contribution in [-0.2, 0) is 11.3 Å². The zero-order valence-electron chi connectivity index (χ0n) is 11.5. The van der Waals surface area contributed by atoms with Crippen LogP contribution in [0.1, 0.15) is 21.5 Å². The van der Waals surface area contributed by atoms with Crippen LogP contribution in [0.3, 0.4) is 0 Å². The zero-order chi connectivity index (χ0) is 15.2. The Kier molecular flexibility index (Phi) is 5.05. The highest BCUT2D eigenvalue weighted by molar-refractivity contribution is 7.08. The summed E-state index contributed by atoms with van der Waals surface area (Å²) in [4.78, 5) is 23.3. The Morgan fingerprint density at radius 3 is 2.71 bits per heavy atom. The number of benzene rings is 1. The molecule has 21 heavy (non-hydrogen) atoms. The van der Waals surface area contributed by atoms with E-state index in [4.69, 9.17) is 0 Å². The molecule has 0 aliphatic carbocycles. The maximum absolute atomic E-state index is 13.1. The van der Waals surface area contributed by atoms with Gasteiger partial charge in [0.2, 0.25) is 5.91 Å².